The molecule has 5 heteroatoms. The standard InChI is InChI=1S/C13H16Cl2N2O/c1-8-4-3-7-17(9(8)2)13(18)10-5-6-11(14)16-12(10)15/h5-6,8-9H,3-4,7H2,1-2H3. The maximum atomic E-state index is 12.4. The number of amides is 1. The van der Waals surface area contributed by atoms with Gasteiger partial charge < -0.3 is 4.90 Å². The highest BCUT2D eigenvalue weighted by Crippen LogP contribution is 2.26. The van der Waals surface area contributed by atoms with Crippen molar-refractivity contribution in [2.75, 3.05) is 6.54 Å². The van der Waals surface area contributed by atoms with Gasteiger partial charge in [0.15, 0.2) is 0 Å². The smallest absolute Gasteiger partial charge is 0.257 e. The van der Waals surface area contributed by atoms with Gasteiger partial charge in [0.25, 0.3) is 5.91 Å². The molecule has 0 aromatic carbocycles. The van der Waals surface area contributed by atoms with Crippen LogP contribution in [0, 0.1) is 5.92 Å². The van der Waals surface area contributed by atoms with Gasteiger partial charge in [0.05, 0.1) is 5.56 Å². The number of aromatic nitrogens is 1. The number of pyridine rings is 1. The van der Waals surface area contributed by atoms with Gasteiger partial charge >= 0.3 is 0 Å². The quantitative estimate of drug-likeness (QED) is 0.739. The fourth-order valence-electron chi connectivity index (χ4n) is 2.35. The van der Waals surface area contributed by atoms with Crippen molar-refractivity contribution in [3.63, 3.8) is 0 Å². The molecule has 0 saturated carbocycles. The Balaban J connectivity index is 2.25. The first-order valence-corrected chi connectivity index (χ1v) is 6.89. The Labute approximate surface area is 117 Å². The molecule has 18 heavy (non-hydrogen) atoms. The molecule has 1 aliphatic rings. The van der Waals surface area contributed by atoms with Crippen molar-refractivity contribution < 1.29 is 4.79 Å². The number of carbonyl (C=O) groups excluding carboxylic acids is 1. The van der Waals surface area contributed by atoms with Gasteiger partial charge in [-0.05, 0) is 37.8 Å². The number of rotatable bonds is 1. The average molecular weight is 287 g/mol. The third-order valence-corrected chi connectivity index (χ3v) is 4.18. The number of hydrogen-bond donors (Lipinski definition) is 0. The highest BCUT2D eigenvalue weighted by molar-refractivity contribution is 6.34. The van der Waals surface area contributed by atoms with E-state index in [0.29, 0.717) is 16.6 Å². The van der Waals surface area contributed by atoms with Gasteiger partial charge in [-0.3, -0.25) is 4.79 Å². The lowest BCUT2D eigenvalue weighted by molar-refractivity contribution is 0.0551. The number of likely N-dealkylation sites (tertiary alicyclic amines) is 1. The minimum atomic E-state index is -0.0526. The molecule has 1 fully saturated rings. The van der Waals surface area contributed by atoms with Crippen molar-refractivity contribution in [2.24, 2.45) is 5.92 Å². The van der Waals surface area contributed by atoms with E-state index in [1.165, 1.54) is 0 Å². The van der Waals surface area contributed by atoms with E-state index in [0.717, 1.165) is 19.4 Å². The predicted molar refractivity (Wildman–Crippen MR) is 73.2 cm³/mol. The monoisotopic (exact) mass is 286 g/mol. The summed E-state index contributed by atoms with van der Waals surface area (Å²) in [6, 6.07) is 3.48. The van der Waals surface area contributed by atoms with Crippen molar-refractivity contribution in [1.29, 1.82) is 0 Å². The van der Waals surface area contributed by atoms with Crippen LogP contribution in [0.3, 0.4) is 0 Å². The van der Waals surface area contributed by atoms with Gasteiger partial charge in [0.2, 0.25) is 0 Å². The van der Waals surface area contributed by atoms with Crippen molar-refractivity contribution in [3.8, 4) is 0 Å². The lowest BCUT2D eigenvalue weighted by Gasteiger charge is -2.38. The first-order valence-electron chi connectivity index (χ1n) is 6.13. The van der Waals surface area contributed by atoms with Crippen LogP contribution in [0.5, 0.6) is 0 Å². The first-order chi connectivity index (χ1) is 8.50. The summed E-state index contributed by atoms with van der Waals surface area (Å²) < 4.78 is 0. The molecule has 1 amide bonds. The van der Waals surface area contributed by atoms with Gasteiger partial charge in [-0.2, -0.15) is 0 Å². The zero-order valence-corrected chi connectivity index (χ0v) is 12.0. The molecule has 0 N–H and O–H groups in total. The zero-order chi connectivity index (χ0) is 13.3. The largest absolute Gasteiger partial charge is 0.336 e. The van der Waals surface area contributed by atoms with Crippen LogP contribution in [-0.4, -0.2) is 28.4 Å². The summed E-state index contributed by atoms with van der Waals surface area (Å²) >= 11 is 11.7. The van der Waals surface area contributed by atoms with Gasteiger partial charge in [-0.1, -0.05) is 30.1 Å². The molecule has 1 aromatic heterocycles. The molecule has 0 bridgehead atoms. The van der Waals surface area contributed by atoms with Crippen LogP contribution in [0.1, 0.15) is 37.0 Å². The number of carbonyl (C=O) groups is 1. The topological polar surface area (TPSA) is 33.2 Å². The summed E-state index contributed by atoms with van der Waals surface area (Å²) in [7, 11) is 0. The molecule has 2 rings (SSSR count). The SMILES string of the molecule is CC1CCCN(C(=O)c2ccc(Cl)nc2Cl)C1C. The lowest BCUT2D eigenvalue weighted by Crippen LogP contribution is -2.46. The number of hydrogen-bond acceptors (Lipinski definition) is 2. The van der Waals surface area contributed by atoms with Crippen LogP contribution < -0.4 is 0 Å². The summed E-state index contributed by atoms with van der Waals surface area (Å²) in [6.45, 7) is 5.04. The Kier molecular flexibility index (Phi) is 4.13. The maximum absolute atomic E-state index is 12.4. The number of nitrogens with zero attached hydrogens (tertiary/aromatic N) is 2. The Morgan fingerprint density at radius 2 is 2.11 bits per heavy atom. The Morgan fingerprint density at radius 1 is 1.39 bits per heavy atom. The van der Waals surface area contributed by atoms with Crippen LogP contribution >= 0.6 is 23.2 Å². The highest BCUT2D eigenvalue weighted by atomic mass is 35.5. The van der Waals surface area contributed by atoms with Crippen molar-refractivity contribution in [1.82, 2.24) is 9.88 Å². The summed E-state index contributed by atoms with van der Waals surface area (Å²) in [5.41, 5.74) is 0.432. The van der Waals surface area contributed by atoms with Gasteiger partial charge in [-0.25, -0.2) is 4.98 Å². The summed E-state index contributed by atoms with van der Waals surface area (Å²) in [5.74, 6) is 0.463. The maximum Gasteiger partial charge on any atom is 0.257 e. The molecule has 2 heterocycles. The Bertz CT molecular complexity index is 464. The molecule has 1 aromatic rings. The molecule has 1 aliphatic heterocycles. The van der Waals surface area contributed by atoms with E-state index in [1.54, 1.807) is 12.1 Å². The van der Waals surface area contributed by atoms with Crippen molar-refractivity contribution in [3.05, 3.63) is 28.0 Å². The minimum Gasteiger partial charge on any atom is -0.336 e. The second-order valence-corrected chi connectivity index (χ2v) is 5.58. The van der Waals surface area contributed by atoms with E-state index in [4.69, 9.17) is 23.2 Å². The Morgan fingerprint density at radius 3 is 2.78 bits per heavy atom. The first kappa shape index (κ1) is 13.6. The second kappa shape index (κ2) is 5.45. The van der Waals surface area contributed by atoms with Crippen molar-refractivity contribution >= 4 is 29.1 Å². The van der Waals surface area contributed by atoms with Crippen molar-refractivity contribution in [2.45, 2.75) is 32.7 Å². The van der Waals surface area contributed by atoms with Gasteiger partial charge in [0, 0.05) is 12.6 Å². The molecular weight excluding hydrogens is 271 g/mol. The molecule has 0 radical (unpaired) electrons. The van der Waals surface area contributed by atoms with Crippen LogP contribution in [0.4, 0.5) is 0 Å². The average Bonchev–Trinajstić information content (AvgIpc) is 2.32. The van der Waals surface area contributed by atoms with Gasteiger partial charge in [-0.15, -0.1) is 0 Å². The minimum absolute atomic E-state index is 0.0526. The molecule has 0 spiro atoms. The van der Waals surface area contributed by atoms with Crippen LogP contribution in [0.15, 0.2) is 12.1 Å². The molecule has 3 nitrogen and oxygen atoms in total. The third kappa shape index (κ3) is 2.62. The third-order valence-electron chi connectivity index (χ3n) is 3.68. The zero-order valence-electron chi connectivity index (χ0n) is 10.5. The fourth-order valence-corrected chi connectivity index (χ4v) is 2.77. The van der Waals surface area contributed by atoms with E-state index in [1.807, 2.05) is 4.90 Å². The number of halogens is 2. The summed E-state index contributed by atoms with van der Waals surface area (Å²) in [5, 5.41) is 0.481. The number of piperidine rings is 1. The fraction of sp³-hybridized carbons (Fsp3) is 0.538. The molecule has 2 atom stereocenters. The molecule has 2 unspecified atom stereocenters. The predicted octanol–water partition coefficient (Wildman–Crippen LogP) is 3.65. The molecule has 1 saturated heterocycles. The van der Waals surface area contributed by atoms with E-state index in [2.05, 4.69) is 18.8 Å². The van der Waals surface area contributed by atoms with E-state index in [9.17, 15) is 4.79 Å². The highest BCUT2D eigenvalue weighted by Gasteiger charge is 2.30. The molecule has 98 valence electrons. The van der Waals surface area contributed by atoms with Crippen LogP contribution in [0.25, 0.3) is 0 Å². The second-order valence-electron chi connectivity index (χ2n) is 4.83. The van der Waals surface area contributed by atoms with E-state index >= 15 is 0 Å². The molecular formula is C13H16Cl2N2O. The van der Waals surface area contributed by atoms with Crippen LogP contribution in [-0.2, 0) is 0 Å². The summed E-state index contributed by atoms with van der Waals surface area (Å²) in [6.07, 6.45) is 2.20. The van der Waals surface area contributed by atoms with Gasteiger partial charge in [0.1, 0.15) is 10.3 Å². The summed E-state index contributed by atoms with van der Waals surface area (Å²) in [4.78, 5) is 18.2. The van der Waals surface area contributed by atoms with E-state index < -0.39 is 0 Å². The molecule has 0 aliphatic carbocycles. The normalized spacial score (nSPS) is 24.1. The lowest BCUT2D eigenvalue weighted by atomic mass is 9.91. The van der Waals surface area contributed by atoms with E-state index in [-0.39, 0.29) is 17.1 Å². The Hall–Kier alpha value is -0.800. The van der Waals surface area contributed by atoms with Crippen LogP contribution in [0.2, 0.25) is 10.3 Å².